The van der Waals surface area contributed by atoms with E-state index in [0.29, 0.717) is 12.0 Å². The van der Waals surface area contributed by atoms with Crippen LogP contribution in [0.15, 0.2) is 45.7 Å². The number of furan rings is 1. The molecule has 0 amide bonds. The highest BCUT2D eigenvalue weighted by molar-refractivity contribution is 7.98. The van der Waals surface area contributed by atoms with Gasteiger partial charge in [0.15, 0.2) is 0 Å². The van der Waals surface area contributed by atoms with Crippen LogP contribution < -0.4 is 5.32 Å². The van der Waals surface area contributed by atoms with Crippen LogP contribution in [0.1, 0.15) is 49.3 Å². The topological polar surface area (TPSA) is 25.2 Å². The number of hydrogen-bond donors (Lipinski definition) is 1. The van der Waals surface area contributed by atoms with Gasteiger partial charge in [0.05, 0.1) is 6.54 Å². The zero-order chi connectivity index (χ0) is 14.8. The van der Waals surface area contributed by atoms with E-state index in [0.717, 1.165) is 24.0 Å². The summed E-state index contributed by atoms with van der Waals surface area (Å²) < 4.78 is 5.93. The third-order valence-corrected chi connectivity index (χ3v) is 5.10. The van der Waals surface area contributed by atoms with Crippen LogP contribution in [0.25, 0.3) is 0 Å². The van der Waals surface area contributed by atoms with E-state index in [1.807, 2.05) is 0 Å². The fourth-order valence-electron chi connectivity index (χ4n) is 2.67. The predicted octanol–water partition coefficient (Wildman–Crippen LogP) is 4.98. The molecule has 0 bridgehead atoms. The average Bonchev–Trinajstić information content (AvgIpc) is 3.06. The van der Waals surface area contributed by atoms with E-state index in [-0.39, 0.29) is 0 Å². The standard InChI is InChI=1S/C18H23NOS/c1-12-10-17(12)18-9-6-15(20-18)11-19-13(2)14-4-7-16(21-3)8-5-14/h4-9,12-13,17,19H,10-11H2,1-3H3. The summed E-state index contributed by atoms with van der Waals surface area (Å²) in [5.41, 5.74) is 1.32. The first-order chi connectivity index (χ1) is 10.2. The highest BCUT2D eigenvalue weighted by atomic mass is 32.2. The van der Waals surface area contributed by atoms with Gasteiger partial charge in [0.25, 0.3) is 0 Å². The van der Waals surface area contributed by atoms with Crippen molar-refractivity contribution in [3.8, 4) is 0 Å². The first-order valence-electron chi connectivity index (χ1n) is 7.63. The predicted molar refractivity (Wildman–Crippen MR) is 88.7 cm³/mol. The Morgan fingerprint density at radius 1 is 1.24 bits per heavy atom. The van der Waals surface area contributed by atoms with Crippen LogP contribution in [0.4, 0.5) is 0 Å². The molecule has 1 aromatic heterocycles. The lowest BCUT2D eigenvalue weighted by Crippen LogP contribution is -2.17. The van der Waals surface area contributed by atoms with E-state index in [2.05, 4.69) is 61.8 Å². The largest absolute Gasteiger partial charge is 0.464 e. The lowest BCUT2D eigenvalue weighted by Gasteiger charge is -2.13. The summed E-state index contributed by atoms with van der Waals surface area (Å²) in [6.45, 7) is 5.26. The summed E-state index contributed by atoms with van der Waals surface area (Å²) in [5.74, 6) is 3.66. The van der Waals surface area contributed by atoms with Crippen LogP contribution in [-0.4, -0.2) is 6.26 Å². The van der Waals surface area contributed by atoms with Gasteiger partial charge in [-0.05, 0) is 55.3 Å². The van der Waals surface area contributed by atoms with E-state index < -0.39 is 0 Å². The Kier molecular flexibility index (Phi) is 4.41. The molecule has 1 aliphatic carbocycles. The molecule has 0 spiro atoms. The van der Waals surface area contributed by atoms with Crippen molar-refractivity contribution in [1.82, 2.24) is 5.32 Å². The highest BCUT2D eigenvalue weighted by Crippen LogP contribution is 2.47. The number of nitrogens with one attached hydrogen (secondary N) is 1. The van der Waals surface area contributed by atoms with Gasteiger partial charge in [0, 0.05) is 16.9 Å². The Bertz CT molecular complexity index is 590. The lowest BCUT2D eigenvalue weighted by atomic mass is 10.1. The molecule has 0 radical (unpaired) electrons. The maximum Gasteiger partial charge on any atom is 0.117 e. The molecule has 0 saturated heterocycles. The molecule has 3 unspecified atom stereocenters. The Balaban J connectivity index is 1.55. The maximum atomic E-state index is 5.93. The molecular weight excluding hydrogens is 278 g/mol. The normalized spacial score (nSPS) is 22.2. The van der Waals surface area contributed by atoms with Gasteiger partial charge in [-0.15, -0.1) is 11.8 Å². The van der Waals surface area contributed by atoms with Crippen molar-refractivity contribution in [2.75, 3.05) is 6.26 Å². The fraction of sp³-hybridized carbons (Fsp3) is 0.444. The molecule has 3 atom stereocenters. The van der Waals surface area contributed by atoms with Crippen LogP contribution in [0.2, 0.25) is 0 Å². The second kappa shape index (κ2) is 6.29. The molecule has 2 aromatic rings. The van der Waals surface area contributed by atoms with Gasteiger partial charge in [-0.3, -0.25) is 0 Å². The van der Waals surface area contributed by atoms with Gasteiger partial charge in [-0.25, -0.2) is 0 Å². The van der Waals surface area contributed by atoms with Crippen LogP contribution in [0.3, 0.4) is 0 Å². The van der Waals surface area contributed by atoms with Crippen LogP contribution >= 0.6 is 11.8 Å². The number of rotatable bonds is 6. The number of hydrogen-bond acceptors (Lipinski definition) is 3. The number of thioether (sulfide) groups is 1. The smallest absolute Gasteiger partial charge is 0.117 e. The average molecular weight is 301 g/mol. The van der Waals surface area contributed by atoms with Gasteiger partial charge in [-0.1, -0.05) is 19.1 Å². The Hall–Kier alpha value is -1.19. The molecule has 3 heteroatoms. The van der Waals surface area contributed by atoms with Crippen LogP contribution in [0.5, 0.6) is 0 Å². The van der Waals surface area contributed by atoms with Crippen molar-refractivity contribution in [2.45, 2.75) is 43.7 Å². The molecule has 1 aromatic carbocycles. The minimum absolute atomic E-state index is 0.328. The third-order valence-electron chi connectivity index (χ3n) is 4.36. The van der Waals surface area contributed by atoms with Gasteiger partial charge in [-0.2, -0.15) is 0 Å². The van der Waals surface area contributed by atoms with Gasteiger partial charge in [0.1, 0.15) is 11.5 Å². The summed E-state index contributed by atoms with van der Waals surface area (Å²) in [7, 11) is 0. The first-order valence-corrected chi connectivity index (χ1v) is 8.86. The molecule has 1 N–H and O–H groups in total. The third kappa shape index (κ3) is 3.53. The highest BCUT2D eigenvalue weighted by Gasteiger charge is 2.36. The zero-order valence-electron chi connectivity index (χ0n) is 12.9. The summed E-state index contributed by atoms with van der Waals surface area (Å²) in [6.07, 6.45) is 3.38. The van der Waals surface area contributed by atoms with Gasteiger partial charge < -0.3 is 9.73 Å². The molecule has 0 aliphatic heterocycles. The van der Waals surface area contributed by atoms with E-state index in [1.165, 1.54) is 16.9 Å². The second-order valence-corrected chi connectivity index (χ2v) is 6.88. The summed E-state index contributed by atoms with van der Waals surface area (Å²) in [5, 5.41) is 3.54. The zero-order valence-corrected chi connectivity index (χ0v) is 13.7. The molecular formula is C18H23NOS. The van der Waals surface area contributed by atoms with Crippen molar-refractivity contribution >= 4 is 11.8 Å². The van der Waals surface area contributed by atoms with Crippen LogP contribution in [-0.2, 0) is 6.54 Å². The summed E-state index contributed by atoms with van der Waals surface area (Å²) in [4.78, 5) is 1.31. The van der Waals surface area contributed by atoms with Crippen molar-refractivity contribution < 1.29 is 4.42 Å². The fourth-order valence-corrected chi connectivity index (χ4v) is 3.08. The minimum atomic E-state index is 0.328. The second-order valence-electron chi connectivity index (χ2n) is 6.00. The van der Waals surface area contributed by atoms with Gasteiger partial charge >= 0.3 is 0 Å². The van der Waals surface area contributed by atoms with Gasteiger partial charge in [0.2, 0.25) is 0 Å². The minimum Gasteiger partial charge on any atom is -0.464 e. The first kappa shape index (κ1) is 14.7. The van der Waals surface area contributed by atoms with Crippen molar-refractivity contribution in [1.29, 1.82) is 0 Å². The Labute approximate surface area is 131 Å². The molecule has 2 nitrogen and oxygen atoms in total. The molecule has 1 heterocycles. The Morgan fingerprint density at radius 2 is 1.95 bits per heavy atom. The van der Waals surface area contributed by atoms with Crippen molar-refractivity contribution in [2.24, 2.45) is 5.92 Å². The molecule has 1 saturated carbocycles. The quantitative estimate of drug-likeness (QED) is 0.762. The summed E-state index contributed by atoms with van der Waals surface area (Å²) >= 11 is 1.78. The lowest BCUT2D eigenvalue weighted by molar-refractivity contribution is 0.430. The van der Waals surface area contributed by atoms with E-state index in [1.54, 1.807) is 11.8 Å². The van der Waals surface area contributed by atoms with E-state index in [4.69, 9.17) is 4.42 Å². The maximum absolute atomic E-state index is 5.93. The molecule has 3 rings (SSSR count). The monoisotopic (exact) mass is 301 g/mol. The van der Waals surface area contributed by atoms with Crippen molar-refractivity contribution in [3.05, 3.63) is 53.5 Å². The molecule has 1 aliphatic rings. The van der Waals surface area contributed by atoms with E-state index in [9.17, 15) is 0 Å². The molecule has 1 fully saturated rings. The number of benzene rings is 1. The Morgan fingerprint density at radius 3 is 2.57 bits per heavy atom. The van der Waals surface area contributed by atoms with Crippen molar-refractivity contribution in [3.63, 3.8) is 0 Å². The van der Waals surface area contributed by atoms with Crippen LogP contribution in [0, 0.1) is 5.92 Å². The molecule has 112 valence electrons. The van der Waals surface area contributed by atoms with E-state index >= 15 is 0 Å². The summed E-state index contributed by atoms with van der Waals surface area (Å²) in [6, 6.07) is 13.3. The SMILES string of the molecule is CSc1ccc(C(C)NCc2ccc(C3CC3C)o2)cc1. The molecule has 21 heavy (non-hydrogen) atoms.